The van der Waals surface area contributed by atoms with Gasteiger partial charge in [0.25, 0.3) is 0 Å². The van der Waals surface area contributed by atoms with Gasteiger partial charge < -0.3 is 10.6 Å². The zero-order chi connectivity index (χ0) is 16.5. The number of likely N-dealkylation sites (N-methyl/N-ethyl adjacent to an activating group) is 1. The number of piperidine rings is 1. The summed E-state index contributed by atoms with van der Waals surface area (Å²) in [7, 11) is 0. The number of hydrogen-bond donors (Lipinski definition) is 2. The number of nitrogens with zero attached hydrogens (tertiary/aromatic N) is 2. The van der Waals surface area contributed by atoms with Crippen LogP contribution in [0.5, 0.6) is 0 Å². The molecule has 0 aromatic heterocycles. The Labute approximate surface area is 162 Å². The Kier molecular flexibility index (Phi) is 10.2. The second kappa shape index (κ2) is 11.6. The highest BCUT2D eigenvalue weighted by Crippen LogP contribution is 2.15. The highest BCUT2D eigenvalue weighted by Gasteiger charge is 2.20. The first-order chi connectivity index (χ1) is 11.2. The molecule has 1 aromatic carbocycles. The van der Waals surface area contributed by atoms with Crippen molar-refractivity contribution >= 4 is 29.9 Å². The van der Waals surface area contributed by atoms with Gasteiger partial charge in [-0.15, -0.1) is 24.0 Å². The number of halogens is 2. The molecule has 136 valence electrons. The summed E-state index contributed by atoms with van der Waals surface area (Å²) in [6, 6.07) is 7.19. The van der Waals surface area contributed by atoms with Crippen molar-refractivity contribution in [1.82, 2.24) is 15.5 Å². The number of benzene rings is 1. The Morgan fingerprint density at radius 2 is 2.12 bits per heavy atom. The maximum absolute atomic E-state index is 13.2. The van der Waals surface area contributed by atoms with Gasteiger partial charge >= 0.3 is 0 Å². The number of rotatable bonds is 6. The summed E-state index contributed by atoms with van der Waals surface area (Å²) in [5.41, 5.74) is 0.884. The summed E-state index contributed by atoms with van der Waals surface area (Å²) >= 11 is 0. The lowest BCUT2D eigenvalue weighted by atomic mass is 10.0. The predicted molar refractivity (Wildman–Crippen MR) is 110 cm³/mol. The molecule has 1 atom stereocenters. The molecule has 6 heteroatoms. The SMILES string of the molecule is CCNC(=NCc1cccc(F)c1)NCC1CCCCN1CC.I. The molecule has 1 heterocycles. The molecular weight excluding hydrogens is 418 g/mol. The first-order valence-electron chi connectivity index (χ1n) is 8.73. The molecule has 1 unspecified atom stereocenters. The van der Waals surface area contributed by atoms with Gasteiger partial charge in [0.1, 0.15) is 5.82 Å². The van der Waals surface area contributed by atoms with Crippen molar-refractivity contribution in [1.29, 1.82) is 0 Å². The van der Waals surface area contributed by atoms with Crippen LogP contribution in [0.3, 0.4) is 0 Å². The van der Waals surface area contributed by atoms with Gasteiger partial charge in [0.15, 0.2) is 5.96 Å². The van der Waals surface area contributed by atoms with Crippen LogP contribution in [-0.4, -0.2) is 43.1 Å². The second-order valence-electron chi connectivity index (χ2n) is 5.98. The predicted octanol–water partition coefficient (Wildman–Crippen LogP) is 3.37. The van der Waals surface area contributed by atoms with Gasteiger partial charge in [-0.05, 0) is 50.6 Å². The van der Waals surface area contributed by atoms with E-state index in [-0.39, 0.29) is 29.8 Å². The molecule has 24 heavy (non-hydrogen) atoms. The largest absolute Gasteiger partial charge is 0.357 e. The molecule has 1 aliphatic heterocycles. The molecule has 4 nitrogen and oxygen atoms in total. The zero-order valence-electron chi connectivity index (χ0n) is 14.7. The van der Waals surface area contributed by atoms with E-state index in [0.717, 1.165) is 31.2 Å². The van der Waals surface area contributed by atoms with Gasteiger partial charge in [-0.1, -0.05) is 25.5 Å². The summed E-state index contributed by atoms with van der Waals surface area (Å²) in [5.74, 6) is 0.592. The van der Waals surface area contributed by atoms with E-state index in [2.05, 4.69) is 34.4 Å². The van der Waals surface area contributed by atoms with E-state index in [4.69, 9.17) is 0 Å². The van der Waals surface area contributed by atoms with Crippen LogP contribution in [0.15, 0.2) is 29.3 Å². The molecule has 0 bridgehead atoms. The molecule has 0 aliphatic carbocycles. The fraction of sp³-hybridized carbons (Fsp3) is 0.611. The van der Waals surface area contributed by atoms with E-state index in [9.17, 15) is 4.39 Å². The van der Waals surface area contributed by atoms with E-state index in [1.54, 1.807) is 6.07 Å². The minimum atomic E-state index is -0.212. The van der Waals surface area contributed by atoms with Crippen LogP contribution in [0.1, 0.15) is 38.7 Å². The van der Waals surface area contributed by atoms with Crippen molar-refractivity contribution in [3.63, 3.8) is 0 Å². The summed E-state index contributed by atoms with van der Waals surface area (Å²) in [6.45, 7) is 8.78. The maximum Gasteiger partial charge on any atom is 0.191 e. The smallest absolute Gasteiger partial charge is 0.191 e. The van der Waals surface area contributed by atoms with Crippen molar-refractivity contribution < 1.29 is 4.39 Å². The van der Waals surface area contributed by atoms with Crippen molar-refractivity contribution in [2.24, 2.45) is 4.99 Å². The lowest BCUT2D eigenvalue weighted by molar-refractivity contribution is 0.157. The van der Waals surface area contributed by atoms with Crippen molar-refractivity contribution in [2.75, 3.05) is 26.2 Å². The molecular formula is C18H30FIN4. The molecule has 0 spiro atoms. The third-order valence-electron chi connectivity index (χ3n) is 4.31. The third-order valence-corrected chi connectivity index (χ3v) is 4.31. The van der Waals surface area contributed by atoms with Gasteiger partial charge in [-0.2, -0.15) is 0 Å². The van der Waals surface area contributed by atoms with Crippen molar-refractivity contribution in [3.05, 3.63) is 35.6 Å². The van der Waals surface area contributed by atoms with E-state index >= 15 is 0 Å². The molecule has 2 rings (SSSR count). The van der Waals surface area contributed by atoms with Crippen LogP contribution < -0.4 is 10.6 Å². The van der Waals surface area contributed by atoms with Crippen LogP contribution in [0.25, 0.3) is 0 Å². The molecule has 2 N–H and O–H groups in total. The second-order valence-corrected chi connectivity index (χ2v) is 5.98. The minimum Gasteiger partial charge on any atom is -0.357 e. The Morgan fingerprint density at radius 1 is 1.29 bits per heavy atom. The standard InChI is InChI=1S/C18H29FN4.HI/c1-3-20-18(21-13-15-8-7-9-16(19)12-15)22-14-17-10-5-6-11-23(17)4-2;/h7-9,12,17H,3-6,10-11,13-14H2,1-2H3,(H2,20,21,22);1H. The molecule has 0 radical (unpaired) electrons. The first-order valence-corrected chi connectivity index (χ1v) is 8.73. The van der Waals surface area contributed by atoms with Crippen LogP contribution in [0, 0.1) is 5.82 Å². The zero-order valence-corrected chi connectivity index (χ0v) is 17.1. The van der Waals surface area contributed by atoms with Gasteiger partial charge in [-0.3, -0.25) is 4.90 Å². The molecule has 1 aromatic rings. The Balaban J connectivity index is 0.00000288. The van der Waals surface area contributed by atoms with Crippen molar-refractivity contribution in [3.8, 4) is 0 Å². The number of likely N-dealkylation sites (tertiary alicyclic amines) is 1. The van der Waals surface area contributed by atoms with Crippen LogP contribution in [0.2, 0.25) is 0 Å². The van der Waals surface area contributed by atoms with Crippen LogP contribution >= 0.6 is 24.0 Å². The number of aliphatic imine (C=N–C) groups is 1. The molecule has 1 aliphatic rings. The average Bonchev–Trinajstić information content (AvgIpc) is 2.57. The number of nitrogens with one attached hydrogen (secondary N) is 2. The number of guanidine groups is 1. The fourth-order valence-corrected chi connectivity index (χ4v) is 3.07. The summed E-state index contributed by atoms with van der Waals surface area (Å²) < 4.78 is 13.2. The van der Waals surface area contributed by atoms with Gasteiger partial charge in [0, 0.05) is 19.1 Å². The Morgan fingerprint density at radius 3 is 2.83 bits per heavy atom. The highest BCUT2D eigenvalue weighted by atomic mass is 127. The molecule has 1 fully saturated rings. The van der Waals surface area contributed by atoms with Crippen LogP contribution in [0.4, 0.5) is 4.39 Å². The summed E-state index contributed by atoms with van der Waals surface area (Å²) in [4.78, 5) is 7.10. The lowest BCUT2D eigenvalue weighted by Crippen LogP contribution is -2.49. The minimum absolute atomic E-state index is 0. The molecule has 1 saturated heterocycles. The van der Waals surface area contributed by atoms with E-state index < -0.39 is 0 Å². The molecule has 0 saturated carbocycles. The Hall–Kier alpha value is -0.890. The topological polar surface area (TPSA) is 39.7 Å². The third kappa shape index (κ3) is 6.93. The normalized spacial score (nSPS) is 18.8. The van der Waals surface area contributed by atoms with Crippen molar-refractivity contribution in [2.45, 2.75) is 45.7 Å². The Bertz CT molecular complexity index is 510. The summed E-state index contributed by atoms with van der Waals surface area (Å²) in [5, 5.41) is 6.71. The van der Waals surface area contributed by atoms with Gasteiger partial charge in [-0.25, -0.2) is 9.38 Å². The summed E-state index contributed by atoms with van der Waals surface area (Å²) in [6.07, 6.45) is 3.85. The van der Waals surface area contributed by atoms with E-state index in [1.165, 1.54) is 37.9 Å². The number of hydrogen-bond acceptors (Lipinski definition) is 2. The fourth-order valence-electron chi connectivity index (χ4n) is 3.07. The maximum atomic E-state index is 13.2. The average molecular weight is 448 g/mol. The highest BCUT2D eigenvalue weighted by molar-refractivity contribution is 14.0. The molecule has 0 amide bonds. The van der Waals surface area contributed by atoms with E-state index in [1.807, 2.05) is 6.07 Å². The first kappa shape index (κ1) is 21.2. The van der Waals surface area contributed by atoms with E-state index in [0.29, 0.717) is 12.6 Å². The monoisotopic (exact) mass is 448 g/mol. The quantitative estimate of drug-likeness (QED) is 0.398. The lowest BCUT2D eigenvalue weighted by Gasteiger charge is -2.35. The van der Waals surface area contributed by atoms with Crippen LogP contribution in [-0.2, 0) is 6.54 Å². The van der Waals surface area contributed by atoms with Gasteiger partial charge in [0.05, 0.1) is 6.54 Å². The van der Waals surface area contributed by atoms with Gasteiger partial charge in [0.2, 0.25) is 0 Å².